The molecule has 204 valence electrons. The van der Waals surface area contributed by atoms with Crippen molar-refractivity contribution in [1.82, 2.24) is 29.3 Å². The van der Waals surface area contributed by atoms with Crippen LogP contribution < -0.4 is 5.32 Å². The van der Waals surface area contributed by atoms with Gasteiger partial charge in [-0.15, -0.1) is 0 Å². The molecule has 1 atom stereocenters. The van der Waals surface area contributed by atoms with E-state index in [1.165, 1.54) is 12.8 Å². The molecule has 2 aliphatic rings. The average Bonchev–Trinajstić information content (AvgIpc) is 3.56. The topological polar surface area (TPSA) is 94.3 Å². The van der Waals surface area contributed by atoms with Crippen molar-refractivity contribution in [3.63, 3.8) is 0 Å². The van der Waals surface area contributed by atoms with Crippen molar-refractivity contribution in [2.75, 3.05) is 13.1 Å². The van der Waals surface area contributed by atoms with Crippen LogP contribution in [-0.4, -0.2) is 60.7 Å². The second-order valence-corrected chi connectivity index (χ2v) is 11.9. The van der Waals surface area contributed by atoms with Crippen molar-refractivity contribution < 1.29 is 14.3 Å². The van der Waals surface area contributed by atoms with Gasteiger partial charge in [-0.2, -0.15) is 0 Å². The van der Waals surface area contributed by atoms with Crippen LogP contribution in [0.2, 0.25) is 0 Å². The molecule has 2 fully saturated rings. The van der Waals surface area contributed by atoms with Gasteiger partial charge in [-0.25, -0.2) is 14.8 Å². The van der Waals surface area contributed by atoms with E-state index in [1.807, 2.05) is 63.2 Å². The van der Waals surface area contributed by atoms with Crippen LogP contribution in [0.3, 0.4) is 0 Å². The smallest absolute Gasteiger partial charge is 0.407 e. The Labute approximate surface area is 228 Å². The van der Waals surface area contributed by atoms with E-state index < -0.39 is 11.7 Å². The minimum absolute atomic E-state index is 0.0492. The highest BCUT2D eigenvalue weighted by atomic mass is 16.6. The molecule has 0 spiro atoms. The Kier molecular flexibility index (Phi) is 6.32. The van der Waals surface area contributed by atoms with E-state index in [-0.39, 0.29) is 11.9 Å². The summed E-state index contributed by atoms with van der Waals surface area (Å²) in [5.74, 6) is 1.51. The Morgan fingerprint density at radius 1 is 1.13 bits per heavy atom. The van der Waals surface area contributed by atoms with Crippen molar-refractivity contribution in [3.05, 3.63) is 48.2 Å². The third kappa shape index (κ3) is 5.22. The normalized spacial score (nSPS) is 18.1. The first kappa shape index (κ1) is 25.4. The molecule has 2 amide bonds. The highest BCUT2D eigenvalue weighted by molar-refractivity contribution is 5.98. The number of alkyl carbamates (subject to hydrolysis) is 1. The first-order valence-corrected chi connectivity index (χ1v) is 13.9. The van der Waals surface area contributed by atoms with Crippen LogP contribution in [0.15, 0.2) is 42.6 Å². The maximum Gasteiger partial charge on any atom is 0.407 e. The van der Waals surface area contributed by atoms with E-state index in [2.05, 4.69) is 31.6 Å². The number of imidazole rings is 1. The number of ether oxygens (including phenoxy) is 1. The fourth-order valence-electron chi connectivity index (χ4n) is 5.51. The quantitative estimate of drug-likeness (QED) is 0.388. The highest BCUT2D eigenvalue weighted by Crippen LogP contribution is 2.36. The molecule has 39 heavy (non-hydrogen) atoms. The summed E-state index contributed by atoms with van der Waals surface area (Å²) in [5, 5.41) is 4.03. The van der Waals surface area contributed by atoms with Gasteiger partial charge in [0.25, 0.3) is 5.91 Å². The number of carbonyl (C=O) groups excluding carboxylic acids is 2. The van der Waals surface area contributed by atoms with E-state index >= 15 is 0 Å². The van der Waals surface area contributed by atoms with Crippen LogP contribution in [0.1, 0.15) is 56.8 Å². The number of nitrogens with zero attached hydrogens (tertiary/aromatic N) is 5. The van der Waals surface area contributed by atoms with E-state index in [9.17, 15) is 9.59 Å². The molecule has 1 saturated heterocycles. The van der Waals surface area contributed by atoms with Crippen molar-refractivity contribution in [2.24, 2.45) is 13.0 Å². The second kappa shape index (κ2) is 9.70. The van der Waals surface area contributed by atoms with Crippen molar-refractivity contribution in [3.8, 4) is 11.5 Å². The maximum absolute atomic E-state index is 13.5. The van der Waals surface area contributed by atoms with Crippen LogP contribution in [-0.2, 0) is 18.3 Å². The number of hydrogen-bond acceptors (Lipinski definition) is 5. The molecule has 1 aliphatic carbocycles. The number of hydrogen-bond donors (Lipinski definition) is 1. The number of aromatic nitrogens is 4. The summed E-state index contributed by atoms with van der Waals surface area (Å²) in [6, 6.07) is 11.8. The zero-order chi connectivity index (χ0) is 27.3. The number of carbonyl (C=O) groups is 2. The standard InChI is InChI=1S/C30H36N6O3/c1-30(2,3)39-29(38)32-22-8-6-14-35(18-22)28(37)21-11-12-24-23(15-21)33-27(34(24)4)25-16-20-7-5-13-31-26(20)36(25)17-19-9-10-19/h5,7,11-13,15-16,19,22H,6,8-10,14,17-18H2,1-4H3,(H,32,38)/t22-/m1/s1. The number of pyridine rings is 1. The van der Waals surface area contributed by atoms with Crippen LogP contribution in [0, 0.1) is 5.92 Å². The third-order valence-electron chi connectivity index (χ3n) is 7.58. The zero-order valence-electron chi connectivity index (χ0n) is 23.1. The van der Waals surface area contributed by atoms with Gasteiger partial charge in [-0.05, 0) is 88.8 Å². The van der Waals surface area contributed by atoms with E-state index in [0.29, 0.717) is 24.6 Å². The summed E-state index contributed by atoms with van der Waals surface area (Å²) < 4.78 is 9.80. The molecule has 6 rings (SSSR count). The van der Waals surface area contributed by atoms with Gasteiger partial charge < -0.3 is 24.1 Å². The average molecular weight is 529 g/mol. The third-order valence-corrected chi connectivity index (χ3v) is 7.58. The Morgan fingerprint density at radius 3 is 2.72 bits per heavy atom. The number of fused-ring (bicyclic) bond motifs is 2. The van der Waals surface area contributed by atoms with Crippen molar-refractivity contribution >= 4 is 34.1 Å². The Morgan fingerprint density at radius 2 is 1.95 bits per heavy atom. The van der Waals surface area contributed by atoms with Crippen LogP contribution in [0.5, 0.6) is 0 Å². The number of aryl methyl sites for hydroxylation is 1. The summed E-state index contributed by atoms with van der Waals surface area (Å²) in [6.45, 7) is 7.57. The SMILES string of the molecule is Cn1c(-c2cc3cccnc3n2CC2CC2)nc2cc(C(=O)N3CCC[C@@H](NC(=O)OC(C)(C)C)C3)ccc21. The molecular formula is C30H36N6O3. The van der Waals surface area contributed by atoms with Gasteiger partial charge in [0.1, 0.15) is 11.2 Å². The van der Waals surface area contributed by atoms with Crippen LogP contribution >= 0.6 is 0 Å². The fourth-order valence-corrected chi connectivity index (χ4v) is 5.51. The number of rotatable bonds is 5. The molecular weight excluding hydrogens is 492 g/mol. The minimum atomic E-state index is -0.562. The fraction of sp³-hybridized carbons (Fsp3) is 0.467. The lowest BCUT2D eigenvalue weighted by atomic mass is 10.0. The summed E-state index contributed by atoms with van der Waals surface area (Å²) >= 11 is 0. The second-order valence-electron chi connectivity index (χ2n) is 11.9. The summed E-state index contributed by atoms with van der Waals surface area (Å²) in [7, 11) is 2.02. The first-order valence-electron chi connectivity index (χ1n) is 13.9. The molecule has 1 aromatic carbocycles. The monoisotopic (exact) mass is 528 g/mol. The molecule has 1 N–H and O–H groups in total. The summed E-state index contributed by atoms with van der Waals surface area (Å²) in [4.78, 5) is 37.3. The molecule has 3 aromatic heterocycles. The molecule has 4 heterocycles. The Bertz CT molecular complexity index is 1560. The number of nitrogens with one attached hydrogen (secondary N) is 1. The molecule has 0 radical (unpaired) electrons. The molecule has 9 heteroatoms. The van der Waals surface area contributed by atoms with Crippen LogP contribution in [0.4, 0.5) is 4.79 Å². The Balaban J connectivity index is 1.25. The van der Waals surface area contributed by atoms with Gasteiger partial charge in [0.2, 0.25) is 0 Å². The van der Waals surface area contributed by atoms with Crippen molar-refractivity contribution in [2.45, 2.75) is 64.6 Å². The molecule has 0 bridgehead atoms. The van der Waals surface area contributed by atoms with Crippen LogP contribution in [0.25, 0.3) is 33.6 Å². The lowest BCUT2D eigenvalue weighted by Crippen LogP contribution is -2.50. The molecule has 9 nitrogen and oxygen atoms in total. The van der Waals surface area contributed by atoms with Gasteiger partial charge >= 0.3 is 6.09 Å². The maximum atomic E-state index is 13.5. The predicted octanol–water partition coefficient (Wildman–Crippen LogP) is 5.13. The highest BCUT2D eigenvalue weighted by Gasteiger charge is 2.29. The lowest BCUT2D eigenvalue weighted by Gasteiger charge is -2.33. The summed E-state index contributed by atoms with van der Waals surface area (Å²) in [6.07, 6.45) is 5.54. The largest absolute Gasteiger partial charge is 0.444 e. The van der Waals surface area contributed by atoms with Gasteiger partial charge in [0.05, 0.1) is 16.7 Å². The molecule has 1 saturated carbocycles. The van der Waals surface area contributed by atoms with E-state index in [0.717, 1.165) is 53.0 Å². The Hall–Kier alpha value is -3.88. The number of amides is 2. The number of likely N-dealkylation sites (tertiary alicyclic amines) is 1. The molecule has 4 aromatic rings. The lowest BCUT2D eigenvalue weighted by molar-refractivity contribution is 0.0452. The van der Waals surface area contributed by atoms with Gasteiger partial charge in [0.15, 0.2) is 5.82 Å². The number of piperidine rings is 1. The van der Waals surface area contributed by atoms with Crippen molar-refractivity contribution in [1.29, 1.82) is 0 Å². The van der Waals surface area contributed by atoms with E-state index in [1.54, 1.807) is 0 Å². The molecule has 1 aliphatic heterocycles. The van der Waals surface area contributed by atoms with E-state index in [4.69, 9.17) is 9.72 Å². The minimum Gasteiger partial charge on any atom is -0.444 e. The summed E-state index contributed by atoms with van der Waals surface area (Å²) in [5.41, 5.74) is 3.84. The van der Waals surface area contributed by atoms with Gasteiger partial charge in [0, 0.05) is 49.9 Å². The zero-order valence-corrected chi connectivity index (χ0v) is 23.1. The van der Waals surface area contributed by atoms with Gasteiger partial charge in [-0.1, -0.05) is 0 Å². The van der Waals surface area contributed by atoms with Gasteiger partial charge in [-0.3, -0.25) is 4.79 Å². The molecule has 0 unspecified atom stereocenters. The predicted molar refractivity (Wildman–Crippen MR) is 150 cm³/mol. The first-order chi connectivity index (χ1) is 18.7. The number of benzene rings is 1.